The number of aldehydes is 1. The highest BCUT2D eigenvalue weighted by molar-refractivity contribution is 5.61. The quantitative estimate of drug-likeness (QED) is 0.686. The van der Waals surface area contributed by atoms with Crippen molar-refractivity contribution in [3.05, 3.63) is 34.9 Å². The molecule has 0 aromatic heterocycles. The van der Waals surface area contributed by atoms with Crippen molar-refractivity contribution in [3.8, 4) is 0 Å². The van der Waals surface area contributed by atoms with E-state index in [1.54, 1.807) is 0 Å². The van der Waals surface area contributed by atoms with Gasteiger partial charge in [-0.1, -0.05) is 44.5 Å². The Kier molecular flexibility index (Phi) is 4.07. The fourth-order valence-corrected chi connectivity index (χ4v) is 1.83. The van der Waals surface area contributed by atoms with Crippen molar-refractivity contribution >= 4 is 6.29 Å². The molecule has 82 valence electrons. The highest BCUT2D eigenvalue weighted by Gasteiger charge is 2.06. The van der Waals surface area contributed by atoms with E-state index in [1.165, 1.54) is 11.1 Å². The summed E-state index contributed by atoms with van der Waals surface area (Å²) in [6, 6.07) is 6.47. The number of aryl methyl sites for hydroxylation is 1. The van der Waals surface area contributed by atoms with Gasteiger partial charge in [-0.15, -0.1) is 0 Å². The first-order valence-electron chi connectivity index (χ1n) is 5.58. The Morgan fingerprint density at radius 3 is 2.40 bits per heavy atom. The number of benzene rings is 1. The van der Waals surface area contributed by atoms with Crippen LogP contribution in [0.5, 0.6) is 0 Å². The largest absolute Gasteiger partial charge is 0.303 e. The van der Waals surface area contributed by atoms with E-state index < -0.39 is 0 Å². The minimum Gasteiger partial charge on any atom is -0.303 e. The van der Waals surface area contributed by atoms with E-state index >= 15 is 0 Å². The average molecular weight is 204 g/mol. The lowest BCUT2D eigenvalue weighted by Gasteiger charge is -2.11. The fraction of sp³-hybridized carbons (Fsp3) is 0.500. The van der Waals surface area contributed by atoms with Gasteiger partial charge < -0.3 is 4.79 Å². The van der Waals surface area contributed by atoms with E-state index in [0.29, 0.717) is 5.92 Å². The smallest absolute Gasteiger partial charge is 0.127 e. The van der Waals surface area contributed by atoms with Gasteiger partial charge in [-0.05, 0) is 30.4 Å². The number of carbonyl (C=O) groups is 1. The van der Waals surface area contributed by atoms with E-state index in [1.807, 2.05) is 6.92 Å². The summed E-state index contributed by atoms with van der Waals surface area (Å²) in [6.07, 6.45) is 2.09. The monoisotopic (exact) mass is 204 g/mol. The molecular weight excluding hydrogens is 184 g/mol. The van der Waals surface area contributed by atoms with Crippen molar-refractivity contribution in [1.82, 2.24) is 0 Å². The van der Waals surface area contributed by atoms with Crippen molar-refractivity contribution in [2.45, 2.75) is 40.0 Å². The first kappa shape index (κ1) is 12.0. The summed E-state index contributed by atoms with van der Waals surface area (Å²) in [4.78, 5) is 10.8. The minimum absolute atomic E-state index is 0.0100. The summed E-state index contributed by atoms with van der Waals surface area (Å²) in [7, 11) is 0. The van der Waals surface area contributed by atoms with Gasteiger partial charge in [-0.2, -0.15) is 0 Å². The Bertz CT molecular complexity index is 339. The van der Waals surface area contributed by atoms with E-state index in [-0.39, 0.29) is 5.92 Å². The van der Waals surface area contributed by atoms with Gasteiger partial charge in [0.15, 0.2) is 0 Å². The lowest BCUT2D eigenvalue weighted by molar-refractivity contribution is -0.108. The van der Waals surface area contributed by atoms with Gasteiger partial charge in [0, 0.05) is 5.92 Å². The second-order valence-corrected chi connectivity index (χ2v) is 4.77. The maximum atomic E-state index is 10.8. The third-order valence-corrected chi connectivity index (χ3v) is 2.53. The van der Waals surface area contributed by atoms with E-state index in [0.717, 1.165) is 18.3 Å². The predicted molar refractivity (Wildman–Crippen MR) is 64.2 cm³/mol. The van der Waals surface area contributed by atoms with Crippen LogP contribution < -0.4 is 0 Å². The van der Waals surface area contributed by atoms with Crippen LogP contribution in [0, 0.1) is 12.8 Å². The van der Waals surface area contributed by atoms with Crippen LogP contribution in [0.25, 0.3) is 0 Å². The molecule has 0 amide bonds. The van der Waals surface area contributed by atoms with Gasteiger partial charge in [0.1, 0.15) is 6.29 Å². The van der Waals surface area contributed by atoms with Crippen LogP contribution in [-0.4, -0.2) is 6.29 Å². The molecule has 0 aliphatic carbocycles. The molecule has 0 aliphatic heterocycles. The van der Waals surface area contributed by atoms with Gasteiger partial charge >= 0.3 is 0 Å². The summed E-state index contributed by atoms with van der Waals surface area (Å²) in [5, 5.41) is 0. The van der Waals surface area contributed by atoms with Crippen LogP contribution in [-0.2, 0) is 11.2 Å². The lowest BCUT2D eigenvalue weighted by atomic mass is 9.94. The standard InChI is InChI=1S/C14H20O/c1-10(2)5-13-6-11(3)7-14(8-13)12(4)9-15/h6-10,12H,5H2,1-4H3. The molecule has 0 saturated heterocycles. The molecule has 0 spiro atoms. The zero-order chi connectivity index (χ0) is 11.4. The first-order chi connectivity index (χ1) is 7.02. The van der Waals surface area contributed by atoms with Gasteiger partial charge in [-0.3, -0.25) is 0 Å². The molecule has 0 N–H and O–H groups in total. The summed E-state index contributed by atoms with van der Waals surface area (Å²) in [6.45, 7) is 8.46. The SMILES string of the molecule is Cc1cc(CC(C)C)cc(C(C)C=O)c1. The maximum absolute atomic E-state index is 10.8. The number of carbonyl (C=O) groups excluding carboxylic acids is 1. The second-order valence-electron chi connectivity index (χ2n) is 4.77. The predicted octanol–water partition coefficient (Wildman–Crippen LogP) is 3.50. The summed E-state index contributed by atoms with van der Waals surface area (Å²) >= 11 is 0. The van der Waals surface area contributed by atoms with E-state index in [4.69, 9.17) is 0 Å². The Balaban J connectivity index is 2.99. The molecule has 0 fully saturated rings. The van der Waals surface area contributed by atoms with Gasteiger partial charge in [-0.25, -0.2) is 0 Å². The molecule has 0 aliphatic rings. The summed E-state index contributed by atoms with van der Waals surface area (Å²) in [5.41, 5.74) is 3.73. The van der Waals surface area contributed by atoms with Crippen molar-refractivity contribution in [1.29, 1.82) is 0 Å². The number of hydrogen-bond acceptors (Lipinski definition) is 1. The Labute approximate surface area is 92.5 Å². The fourth-order valence-electron chi connectivity index (χ4n) is 1.83. The van der Waals surface area contributed by atoms with E-state index in [9.17, 15) is 4.79 Å². The molecule has 1 aromatic rings. The zero-order valence-corrected chi connectivity index (χ0v) is 10.1. The molecule has 0 heterocycles. The summed E-state index contributed by atoms with van der Waals surface area (Å²) in [5.74, 6) is 0.669. The molecule has 0 saturated carbocycles. The molecular formula is C14H20O. The van der Waals surface area contributed by atoms with Gasteiger partial charge in [0.05, 0.1) is 0 Å². The topological polar surface area (TPSA) is 17.1 Å². The molecule has 1 unspecified atom stereocenters. The van der Waals surface area contributed by atoms with Gasteiger partial charge in [0.2, 0.25) is 0 Å². The molecule has 0 radical (unpaired) electrons. The van der Waals surface area contributed by atoms with Gasteiger partial charge in [0.25, 0.3) is 0 Å². The molecule has 1 aromatic carbocycles. The molecule has 15 heavy (non-hydrogen) atoms. The summed E-state index contributed by atoms with van der Waals surface area (Å²) < 4.78 is 0. The minimum atomic E-state index is 0.0100. The normalized spacial score (nSPS) is 12.9. The van der Waals surface area contributed by atoms with Crippen LogP contribution in [0.3, 0.4) is 0 Å². The molecule has 0 bridgehead atoms. The first-order valence-corrected chi connectivity index (χ1v) is 5.58. The van der Waals surface area contributed by atoms with Crippen molar-refractivity contribution in [3.63, 3.8) is 0 Å². The van der Waals surface area contributed by atoms with Crippen molar-refractivity contribution < 1.29 is 4.79 Å². The number of hydrogen-bond donors (Lipinski definition) is 0. The molecule has 1 rings (SSSR count). The zero-order valence-electron chi connectivity index (χ0n) is 10.1. The third kappa shape index (κ3) is 3.50. The molecule has 1 heteroatoms. The Hall–Kier alpha value is -1.11. The van der Waals surface area contributed by atoms with E-state index in [2.05, 4.69) is 39.0 Å². The van der Waals surface area contributed by atoms with Crippen molar-refractivity contribution in [2.75, 3.05) is 0 Å². The average Bonchev–Trinajstić information content (AvgIpc) is 2.14. The highest BCUT2D eigenvalue weighted by atomic mass is 16.1. The lowest BCUT2D eigenvalue weighted by Crippen LogP contribution is -2.00. The van der Waals surface area contributed by atoms with Crippen LogP contribution in [0.4, 0.5) is 0 Å². The third-order valence-electron chi connectivity index (χ3n) is 2.53. The van der Waals surface area contributed by atoms with Crippen LogP contribution >= 0.6 is 0 Å². The van der Waals surface area contributed by atoms with Crippen molar-refractivity contribution in [2.24, 2.45) is 5.92 Å². The Morgan fingerprint density at radius 2 is 1.87 bits per heavy atom. The van der Waals surface area contributed by atoms with Crippen LogP contribution in [0.15, 0.2) is 18.2 Å². The maximum Gasteiger partial charge on any atom is 0.127 e. The Morgan fingerprint density at radius 1 is 1.20 bits per heavy atom. The number of rotatable bonds is 4. The molecule has 1 nitrogen and oxygen atoms in total. The second kappa shape index (κ2) is 5.11. The van der Waals surface area contributed by atoms with Crippen LogP contribution in [0.1, 0.15) is 43.4 Å². The highest BCUT2D eigenvalue weighted by Crippen LogP contribution is 2.19. The van der Waals surface area contributed by atoms with Crippen LogP contribution in [0.2, 0.25) is 0 Å². The molecule has 1 atom stereocenters.